The van der Waals surface area contributed by atoms with Gasteiger partial charge in [0, 0.05) is 17.4 Å². The molecule has 0 aliphatic heterocycles. The highest BCUT2D eigenvalue weighted by Crippen LogP contribution is 2.36. The molecule has 2 rings (SSSR count). The Morgan fingerprint density at radius 2 is 1.57 bits per heavy atom. The number of carbonyl (C=O) groups is 1. The summed E-state index contributed by atoms with van der Waals surface area (Å²) in [7, 11) is 0.337. The van der Waals surface area contributed by atoms with Gasteiger partial charge in [-0.2, -0.15) is 26.3 Å². The standard InChI is InChI=1S/C22H19F6NO5S/c1-32-12-18(20(30)33-2)17-7-5-4-6-13(17)11-34-29-19(35(3)31)14-8-15(21(23,24)25)10-16(9-14)22(26,27)28/h4-10,12H,11H2,1-3H3/b18-12+,29-19-. The van der Waals surface area contributed by atoms with E-state index in [1.54, 1.807) is 12.1 Å². The van der Waals surface area contributed by atoms with E-state index in [1.165, 1.54) is 19.2 Å². The number of oxime groups is 1. The van der Waals surface area contributed by atoms with E-state index < -0.39 is 50.9 Å². The van der Waals surface area contributed by atoms with Crippen LogP contribution >= 0.6 is 0 Å². The van der Waals surface area contributed by atoms with E-state index in [4.69, 9.17) is 14.3 Å². The average Bonchev–Trinajstić information content (AvgIpc) is 2.78. The number of esters is 1. The van der Waals surface area contributed by atoms with Gasteiger partial charge in [0.2, 0.25) is 0 Å². The van der Waals surface area contributed by atoms with Gasteiger partial charge in [-0.05, 0) is 23.8 Å². The third-order valence-corrected chi connectivity index (χ3v) is 5.28. The first-order valence-corrected chi connectivity index (χ1v) is 11.1. The number of methoxy groups -OCH3 is 2. The molecule has 0 saturated heterocycles. The van der Waals surface area contributed by atoms with Crippen LogP contribution in [0.25, 0.3) is 5.57 Å². The number of benzene rings is 2. The molecule has 0 spiro atoms. The van der Waals surface area contributed by atoms with Gasteiger partial charge in [-0.15, -0.1) is 0 Å². The van der Waals surface area contributed by atoms with Gasteiger partial charge in [0.15, 0.2) is 5.04 Å². The fraction of sp³-hybridized carbons (Fsp3) is 0.273. The number of rotatable bonds is 7. The van der Waals surface area contributed by atoms with Gasteiger partial charge in [0.05, 0.1) is 42.4 Å². The zero-order valence-electron chi connectivity index (χ0n) is 18.5. The molecular formula is C22H19F6NO5S. The van der Waals surface area contributed by atoms with Crippen molar-refractivity contribution in [1.82, 2.24) is 0 Å². The molecular weight excluding hydrogens is 504 g/mol. The second-order valence-electron chi connectivity index (χ2n) is 6.83. The second kappa shape index (κ2) is 11.4. The molecule has 6 nitrogen and oxygen atoms in total. The van der Waals surface area contributed by atoms with Gasteiger partial charge in [0.1, 0.15) is 12.2 Å². The van der Waals surface area contributed by atoms with E-state index in [9.17, 15) is 35.3 Å². The molecule has 0 aliphatic carbocycles. The van der Waals surface area contributed by atoms with Gasteiger partial charge in [-0.25, -0.2) is 4.79 Å². The van der Waals surface area contributed by atoms with Crippen LogP contribution in [0.15, 0.2) is 53.9 Å². The number of halogens is 6. The summed E-state index contributed by atoms with van der Waals surface area (Å²) in [6.45, 7) is -0.375. The van der Waals surface area contributed by atoms with E-state index in [-0.39, 0.29) is 18.2 Å². The van der Waals surface area contributed by atoms with Gasteiger partial charge in [0.25, 0.3) is 0 Å². The van der Waals surface area contributed by atoms with Gasteiger partial charge in [-0.1, -0.05) is 29.4 Å². The SMILES string of the molecule is CO/C=C(/C(=O)OC)c1ccccc1CO/N=C(/c1cc(C(F)(F)F)cc(C(F)(F)F)c1)S(C)=O. The zero-order valence-corrected chi connectivity index (χ0v) is 19.3. The molecule has 0 bridgehead atoms. The predicted molar refractivity (Wildman–Crippen MR) is 115 cm³/mol. The minimum absolute atomic E-state index is 0.0187. The van der Waals surface area contributed by atoms with Crippen LogP contribution in [0.4, 0.5) is 26.3 Å². The monoisotopic (exact) mass is 523 g/mol. The smallest absolute Gasteiger partial charge is 0.416 e. The van der Waals surface area contributed by atoms with Crippen LogP contribution in [0.5, 0.6) is 0 Å². The van der Waals surface area contributed by atoms with Crippen LogP contribution in [-0.4, -0.2) is 35.7 Å². The summed E-state index contributed by atoms with van der Waals surface area (Å²) in [4.78, 5) is 17.2. The summed E-state index contributed by atoms with van der Waals surface area (Å²) >= 11 is 0. The summed E-state index contributed by atoms with van der Waals surface area (Å²) < 4.78 is 101. The van der Waals surface area contributed by atoms with Crippen LogP contribution in [-0.2, 0) is 48.9 Å². The maximum absolute atomic E-state index is 13.2. The number of hydrogen-bond acceptors (Lipinski definition) is 6. The predicted octanol–water partition coefficient (Wildman–Crippen LogP) is 5.14. The highest BCUT2D eigenvalue weighted by molar-refractivity contribution is 8.00. The Bertz CT molecular complexity index is 1130. The number of nitrogens with zero attached hydrogens (tertiary/aromatic N) is 1. The van der Waals surface area contributed by atoms with Crippen molar-refractivity contribution in [3.05, 3.63) is 76.5 Å². The topological polar surface area (TPSA) is 74.2 Å². The van der Waals surface area contributed by atoms with Gasteiger partial charge in [-0.3, -0.25) is 4.21 Å². The van der Waals surface area contributed by atoms with Crippen LogP contribution in [0.3, 0.4) is 0 Å². The molecule has 1 atom stereocenters. The van der Waals surface area contributed by atoms with Crippen molar-refractivity contribution in [3.63, 3.8) is 0 Å². The molecule has 2 aromatic carbocycles. The van der Waals surface area contributed by atoms with Crippen molar-refractivity contribution in [2.24, 2.45) is 5.16 Å². The highest BCUT2D eigenvalue weighted by Gasteiger charge is 2.37. The van der Waals surface area contributed by atoms with Gasteiger partial charge >= 0.3 is 18.3 Å². The van der Waals surface area contributed by atoms with Gasteiger partial charge < -0.3 is 14.3 Å². The average molecular weight is 523 g/mol. The fourth-order valence-corrected chi connectivity index (χ4v) is 3.48. The van der Waals surface area contributed by atoms with Crippen LogP contribution in [0, 0.1) is 0 Å². The summed E-state index contributed by atoms with van der Waals surface area (Å²) in [5, 5.41) is 2.92. The molecule has 0 N–H and O–H groups in total. The minimum Gasteiger partial charge on any atom is -0.503 e. The first kappa shape index (κ1) is 27.9. The first-order chi connectivity index (χ1) is 16.3. The zero-order chi connectivity index (χ0) is 26.4. The lowest BCUT2D eigenvalue weighted by molar-refractivity contribution is -0.143. The highest BCUT2D eigenvalue weighted by atomic mass is 32.2. The lowest BCUT2D eigenvalue weighted by Gasteiger charge is -2.15. The van der Waals surface area contributed by atoms with Crippen molar-refractivity contribution in [2.75, 3.05) is 20.5 Å². The number of carbonyl (C=O) groups excluding carboxylic acids is 1. The summed E-state index contributed by atoms with van der Waals surface area (Å²) in [5.41, 5.74) is -3.15. The maximum Gasteiger partial charge on any atom is 0.416 e. The Labute approximate surface area is 198 Å². The normalized spacial score (nSPS) is 13.9. The second-order valence-corrected chi connectivity index (χ2v) is 8.13. The molecule has 1 unspecified atom stereocenters. The van der Waals surface area contributed by atoms with Crippen molar-refractivity contribution >= 4 is 27.4 Å². The Morgan fingerprint density at radius 3 is 2.06 bits per heavy atom. The summed E-state index contributed by atoms with van der Waals surface area (Å²) in [6, 6.07) is 7.02. The number of alkyl halides is 6. The molecule has 0 saturated carbocycles. The van der Waals surface area contributed by atoms with Crippen molar-refractivity contribution < 1.29 is 49.7 Å². The Morgan fingerprint density at radius 1 is 1.00 bits per heavy atom. The third-order valence-electron chi connectivity index (χ3n) is 4.42. The van der Waals surface area contributed by atoms with Crippen LogP contribution in [0.1, 0.15) is 27.8 Å². The number of hydrogen-bond donors (Lipinski definition) is 0. The van der Waals surface area contributed by atoms with Crippen molar-refractivity contribution in [3.8, 4) is 0 Å². The van der Waals surface area contributed by atoms with E-state index >= 15 is 0 Å². The molecule has 0 radical (unpaired) electrons. The molecule has 13 heteroatoms. The quantitative estimate of drug-likeness (QED) is 0.0956. The fourth-order valence-electron chi connectivity index (χ4n) is 2.87. The first-order valence-electron chi connectivity index (χ1n) is 9.52. The summed E-state index contributed by atoms with van der Waals surface area (Å²) in [6.07, 6.45) is -8.02. The lowest BCUT2D eigenvalue weighted by Crippen LogP contribution is -2.16. The lowest BCUT2D eigenvalue weighted by atomic mass is 10.0. The van der Waals surface area contributed by atoms with E-state index in [2.05, 4.69) is 5.16 Å². The molecule has 0 fully saturated rings. The molecule has 35 heavy (non-hydrogen) atoms. The minimum atomic E-state index is -5.09. The van der Waals surface area contributed by atoms with E-state index in [1.807, 2.05) is 0 Å². The Balaban J connectivity index is 2.48. The van der Waals surface area contributed by atoms with E-state index in [0.29, 0.717) is 23.3 Å². The maximum atomic E-state index is 13.2. The molecule has 0 amide bonds. The van der Waals surface area contributed by atoms with Crippen LogP contribution < -0.4 is 0 Å². The molecule has 0 heterocycles. The van der Waals surface area contributed by atoms with Crippen molar-refractivity contribution in [1.29, 1.82) is 0 Å². The largest absolute Gasteiger partial charge is 0.503 e. The molecule has 0 aromatic heterocycles. The molecule has 190 valence electrons. The van der Waals surface area contributed by atoms with E-state index in [0.717, 1.165) is 19.6 Å². The van der Waals surface area contributed by atoms with Crippen LogP contribution in [0.2, 0.25) is 0 Å². The van der Waals surface area contributed by atoms with Crippen molar-refractivity contribution in [2.45, 2.75) is 19.0 Å². The number of ether oxygens (including phenoxy) is 2. The Kier molecular flexibility index (Phi) is 9.07. The summed E-state index contributed by atoms with van der Waals surface area (Å²) in [5.74, 6) is -0.734. The third kappa shape index (κ3) is 7.31. The molecule has 2 aromatic rings. The Hall–Kier alpha value is -3.35. The molecule has 0 aliphatic rings.